The van der Waals surface area contributed by atoms with E-state index in [0.29, 0.717) is 11.4 Å². The Kier molecular flexibility index (Phi) is 4.45. The summed E-state index contributed by atoms with van der Waals surface area (Å²) in [6.45, 7) is 0. The first kappa shape index (κ1) is 17.0. The van der Waals surface area contributed by atoms with Crippen molar-refractivity contribution in [1.82, 2.24) is 4.98 Å². The van der Waals surface area contributed by atoms with Crippen LogP contribution in [0.3, 0.4) is 0 Å². The number of aromatic nitrogens is 1. The van der Waals surface area contributed by atoms with Gasteiger partial charge >= 0.3 is 6.01 Å². The van der Waals surface area contributed by atoms with Gasteiger partial charge in [-0.1, -0.05) is 6.07 Å². The predicted molar refractivity (Wildman–Crippen MR) is 90.7 cm³/mol. The van der Waals surface area contributed by atoms with E-state index in [1.54, 1.807) is 18.2 Å². The van der Waals surface area contributed by atoms with Gasteiger partial charge in [-0.15, -0.1) is 0 Å². The number of amides is 2. The Labute approximate surface area is 143 Å². The largest absolute Gasteiger partial charge is 0.431 e. The average Bonchev–Trinajstić information content (AvgIpc) is 3.26. The van der Waals surface area contributed by atoms with Crippen LogP contribution < -0.4 is 15.4 Å². The molecule has 1 aromatic carbocycles. The van der Waals surface area contributed by atoms with Gasteiger partial charge in [0.2, 0.25) is 15.9 Å². The zero-order valence-electron chi connectivity index (χ0n) is 13.3. The highest BCUT2D eigenvalue weighted by Crippen LogP contribution is 2.30. The standard InChI is InChI=1S/C15H16N4O5S/c1-25(22,23)19-11-4-2-3-10(7-11)16-14(21)12-8-24-15(17-12)18-13(20)9-5-6-9/h2-4,7-9,19H,5-6H2,1H3,(H,16,21)(H,17,18,20). The molecule has 2 amide bonds. The predicted octanol–water partition coefficient (Wildman–Crippen LogP) is 1.65. The second-order valence-electron chi connectivity index (χ2n) is 5.71. The highest BCUT2D eigenvalue weighted by atomic mass is 32.2. The van der Waals surface area contributed by atoms with Crippen LogP contribution in [-0.2, 0) is 14.8 Å². The third-order valence-corrected chi connectivity index (χ3v) is 3.95. The molecule has 25 heavy (non-hydrogen) atoms. The Morgan fingerprint density at radius 2 is 1.92 bits per heavy atom. The number of hydrogen-bond acceptors (Lipinski definition) is 6. The summed E-state index contributed by atoms with van der Waals surface area (Å²) in [6.07, 6.45) is 3.86. The molecule has 1 aliphatic carbocycles. The Balaban J connectivity index is 1.65. The van der Waals surface area contributed by atoms with Crippen molar-refractivity contribution in [3.05, 3.63) is 36.2 Å². The molecule has 1 aromatic heterocycles. The van der Waals surface area contributed by atoms with Crippen LogP contribution in [0.5, 0.6) is 0 Å². The summed E-state index contributed by atoms with van der Waals surface area (Å²) in [7, 11) is -3.42. The number of hydrogen-bond donors (Lipinski definition) is 3. The molecule has 10 heteroatoms. The van der Waals surface area contributed by atoms with E-state index in [4.69, 9.17) is 4.42 Å². The highest BCUT2D eigenvalue weighted by molar-refractivity contribution is 7.92. The summed E-state index contributed by atoms with van der Waals surface area (Å²) < 4.78 is 29.9. The Morgan fingerprint density at radius 1 is 1.20 bits per heavy atom. The van der Waals surface area contributed by atoms with Gasteiger partial charge in [0.15, 0.2) is 5.69 Å². The molecule has 1 fully saturated rings. The minimum Gasteiger partial charge on any atom is -0.431 e. The third kappa shape index (κ3) is 4.80. The molecule has 2 aromatic rings. The van der Waals surface area contributed by atoms with E-state index in [1.165, 1.54) is 6.07 Å². The minimum atomic E-state index is -3.42. The number of nitrogens with one attached hydrogen (secondary N) is 3. The van der Waals surface area contributed by atoms with E-state index in [0.717, 1.165) is 25.4 Å². The lowest BCUT2D eigenvalue weighted by Crippen LogP contribution is -2.15. The first-order chi connectivity index (χ1) is 11.8. The van der Waals surface area contributed by atoms with E-state index in [1.807, 2.05) is 0 Å². The van der Waals surface area contributed by atoms with E-state index in [9.17, 15) is 18.0 Å². The number of benzene rings is 1. The first-order valence-corrected chi connectivity index (χ1v) is 9.35. The fraction of sp³-hybridized carbons (Fsp3) is 0.267. The van der Waals surface area contributed by atoms with E-state index in [-0.39, 0.29) is 23.5 Å². The lowest BCUT2D eigenvalue weighted by atomic mass is 10.3. The van der Waals surface area contributed by atoms with Crippen molar-refractivity contribution in [3.8, 4) is 0 Å². The number of carbonyl (C=O) groups is 2. The molecule has 1 aliphatic rings. The van der Waals surface area contributed by atoms with Gasteiger partial charge < -0.3 is 9.73 Å². The maximum absolute atomic E-state index is 12.2. The normalized spacial score (nSPS) is 14.0. The fourth-order valence-electron chi connectivity index (χ4n) is 2.06. The quantitative estimate of drug-likeness (QED) is 0.714. The lowest BCUT2D eigenvalue weighted by Gasteiger charge is -2.07. The molecule has 3 N–H and O–H groups in total. The van der Waals surface area contributed by atoms with Crippen molar-refractivity contribution < 1.29 is 22.4 Å². The first-order valence-electron chi connectivity index (χ1n) is 7.46. The maximum Gasteiger partial charge on any atom is 0.302 e. The molecule has 0 unspecified atom stereocenters. The second kappa shape index (κ2) is 6.55. The smallest absolute Gasteiger partial charge is 0.302 e. The number of sulfonamides is 1. The molecular weight excluding hydrogens is 348 g/mol. The second-order valence-corrected chi connectivity index (χ2v) is 7.46. The molecule has 3 rings (SSSR count). The van der Waals surface area contributed by atoms with Gasteiger partial charge in [0.25, 0.3) is 5.91 Å². The number of carbonyl (C=O) groups excluding carboxylic acids is 2. The van der Waals surface area contributed by atoms with Gasteiger partial charge in [0.05, 0.1) is 11.9 Å². The molecule has 9 nitrogen and oxygen atoms in total. The highest BCUT2D eigenvalue weighted by Gasteiger charge is 2.30. The van der Waals surface area contributed by atoms with Crippen molar-refractivity contribution in [2.45, 2.75) is 12.8 Å². The molecular formula is C15H16N4O5S. The van der Waals surface area contributed by atoms with Gasteiger partial charge in [-0.2, -0.15) is 4.98 Å². The maximum atomic E-state index is 12.2. The molecule has 0 aliphatic heterocycles. The molecule has 1 saturated carbocycles. The Bertz CT molecular complexity index is 918. The summed E-state index contributed by atoms with van der Waals surface area (Å²) in [5.41, 5.74) is 0.690. The van der Waals surface area contributed by atoms with Gasteiger partial charge in [-0.3, -0.25) is 19.6 Å². The zero-order chi connectivity index (χ0) is 18.0. The SMILES string of the molecule is CS(=O)(=O)Nc1cccc(NC(=O)c2coc(NC(=O)C3CC3)n2)c1. The lowest BCUT2D eigenvalue weighted by molar-refractivity contribution is -0.117. The van der Waals surface area contributed by atoms with Gasteiger partial charge in [0, 0.05) is 11.6 Å². The van der Waals surface area contributed by atoms with Crippen molar-refractivity contribution >= 4 is 39.2 Å². The average molecular weight is 364 g/mol. The number of anilines is 3. The van der Waals surface area contributed by atoms with Crippen molar-refractivity contribution in [3.63, 3.8) is 0 Å². The minimum absolute atomic E-state index is 0.00531. The topological polar surface area (TPSA) is 130 Å². The van der Waals surface area contributed by atoms with Crippen LogP contribution in [0, 0.1) is 5.92 Å². The molecule has 0 spiro atoms. The fourth-order valence-corrected chi connectivity index (χ4v) is 2.61. The van der Waals surface area contributed by atoms with Crippen molar-refractivity contribution in [1.29, 1.82) is 0 Å². The van der Waals surface area contributed by atoms with Crippen LogP contribution in [-0.4, -0.2) is 31.5 Å². The van der Waals surface area contributed by atoms with Crippen LogP contribution in [0.4, 0.5) is 17.4 Å². The van der Waals surface area contributed by atoms with Crippen LogP contribution in [0.2, 0.25) is 0 Å². The van der Waals surface area contributed by atoms with Gasteiger partial charge in [-0.25, -0.2) is 8.42 Å². The number of oxazole rings is 1. The summed E-state index contributed by atoms with van der Waals surface area (Å²) in [4.78, 5) is 27.7. The molecule has 1 heterocycles. The van der Waals surface area contributed by atoms with E-state index in [2.05, 4.69) is 20.3 Å². The summed E-state index contributed by atoms with van der Waals surface area (Å²) in [5.74, 6) is -0.727. The zero-order valence-corrected chi connectivity index (χ0v) is 14.1. The summed E-state index contributed by atoms with van der Waals surface area (Å²) in [5, 5.41) is 5.08. The molecule has 0 radical (unpaired) electrons. The Morgan fingerprint density at radius 3 is 2.60 bits per heavy atom. The van der Waals surface area contributed by atoms with Crippen LogP contribution in [0.1, 0.15) is 23.3 Å². The number of rotatable bonds is 6. The van der Waals surface area contributed by atoms with Crippen LogP contribution in [0.25, 0.3) is 0 Å². The molecule has 0 saturated heterocycles. The Hall–Kier alpha value is -2.88. The molecule has 132 valence electrons. The summed E-state index contributed by atoms with van der Waals surface area (Å²) >= 11 is 0. The van der Waals surface area contributed by atoms with Crippen molar-refractivity contribution in [2.75, 3.05) is 21.6 Å². The monoisotopic (exact) mass is 364 g/mol. The van der Waals surface area contributed by atoms with E-state index >= 15 is 0 Å². The molecule has 0 bridgehead atoms. The summed E-state index contributed by atoms with van der Waals surface area (Å²) in [6, 6.07) is 6.18. The van der Waals surface area contributed by atoms with Crippen LogP contribution >= 0.6 is 0 Å². The van der Waals surface area contributed by atoms with Crippen molar-refractivity contribution in [2.24, 2.45) is 5.92 Å². The van der Waals surface area contributed by atoms with Gasteiger partial charge in [-0.05, 0) is 31.0 Å². The third-order valence-electron chi connectivity index (χ3n) is 3.34. The molecule has 0 atom stereocenters. The van der Waals surface area contributed by atoms with E-state index < -0.39 is 15.9 Å². The number of nitrogens with zero attached hydrogens (tertiary/aromatic N) is 1. The van der Waals surface area contributed by atoms with Crippen LogP contribution in [0.15, 0.2) is 34.9 Å². The van der Waals surface area contributed by atoms with Gasteiger partial charge in [0.1, 0.15) is 6.26 Å².